The molecule has 0 aliphatic rings. The molecule has 2 heterocycles. The van der Waals surface area contributed by atoms with Gasteiger partial charge < -0.3 is 4.74 Å². The van der Waals surface area contributed by atoms with Gasteiger partial charge in [-0.05, 0) is 72.3 Å². The summed E-state index contributed by atoms with van der Waals surface area (Å²) in [5.74, 6) is 1.34. The van der Waals surface area contributed by atoms with E-state index in [9.17, 15) is 9.18 Å². The highest BCUT2D eigenvalue weighted by Gasteiger charge is 2.20. The number of carbonyl (C=O) groups is 1. The number of hydrogen-bond donors (Lipinski definition) is 0. The van der Waals surface area contributed by atoms with Crippen molar-refractivity contribution in [1.82, 2.24) is 9.97 Å². The zero-order chi connectivity index (χ0) is 22.3. The predicted octanol–water partition coefficient (Wildman–Crippen LogP) is 5.94. The summed E-state index contributed by atoms with van der Waals surface area (Å²) in [7, 11) is 1.65. The van der Waals surface area contributed by atoms with Crippen LogP contribution < -0.4 is 9.64 Å². The number of amides is 1. The van der Waals surface area contributed by atoms with Crippen LogP contribution in [0, 0.1) is 5.82 Å². The van der Waals surface area contributed by atoms with Gasteiger partial charge in [-0.15, -0.1) is 11.8 Å². The third-order valence-electron chi connectivity index (χ3n) is 4.82. The number of aromatic nitrogens is 2. The first-order valence-corrected chi connectivity index (χ1v) is 11.9. The van der Waals surface area contributed by atoms with Gasteiger partial charge in [0.2, 0.25) is 5.91 Å². The Morgan fingerprint density at radius 2 is 1.91 bits per heavy atom. The Bertz CT molecular complexity index is 1180. The number of anilines is 1. The second-order valence-corrected chi connectivity index (χ2v) is 9.25. The third kappa shape index (κ3) is 5.63. The number of hydrogen-bond acceptors (Lipinski definition) is 6. The Kier molecular flexibility index (Phi) is 7.34. The highest BCUT2D eigenvalue weighted by Crippen LogP contribution is 2.31. The van der Waals surface area contributed by atoms with Crippen LogP contribution in [0.25, 0.3) is 10.2 Å². The molecule has 0 saturated carbocycles. The van der Waals surface area contributed by atoms with Crippen LogP contribution in [0.4, 0.5) is 9.52 Å². The summed E-state index contributed by atoms with van der Waals surface area (Å²) in [6.45, 7) is 0.398. The van der Waals surface area contributed by atoms with E-state index in [0.717, 1.165) is 33.1 Å². The summed E-state index contributed by atoms with van der Waals surface area (Å²) in [4.78, 5) is 24.6. The van der Waals surface area contributed by atoms with Crippen molar-refractivity contribution >= 4 is 44.4 Å². The van der Waals surface area contributed by atoms with Gasteiger partial charge in [-0.2, -0.15) is 0 Å². The zero-order valence-electron chi connectivity index (χ0n) is 17.5. The van der Waals surface area contributed by atoms with Gasteiger partial charge >= 0.3 is 0 Å². The summed E-state index contributed by atoms with van der Waals surface area (Å²) in [6.07, 6.45) is 4.55. The first-order chi connectivity index (χ1) is 15.6. The van der Waals surface area contributed by atoms with E-state index in [4.69, 9.17) is 4.74 Å². The molecule has 0 radical (unpaired) electrons. The van der Waals surface area contributed by atoms with Crippen LogP contribution in [0.5, 0.6) is 5.75 Å². The largest absolute Gasteiger partial charge is 0.497 e. The molecule has 1 amide bonds. The summed E-state index contributed by atoms with van der Waals surface area (Å²) >= 11 is 3.04. The van der Waals surface area contributed by atoms with E-state index in [1.165, 1.54) is 23.5 Å². The Hall–Kier alpha value is -2.97. The Morgan fingerprint density at radius 1 is 1.12 bits per heavy atom. The van der Waals surface area contributed by atoms with E-state index in [-0.39, 0.29) is 11.7 Å². The van der Waals surface area contributed by atoms with E-state index < -0.39 is 0 Å². The van der Waals surface area contributed by atoms with Gasteiger partial charge in [-0.1, -0.05) is 11.3 Å². The quantitative estimate of drug-likeness (QED) is 0.225. The van der Waals surface area contributed by atoms with Crippen molar-refractivity contribution in [3.8, 4) is 5.75 Å². The number of rotatable bonds is 9. The van der Waals surface area contributed by atoms with E-state index in [1.54, 1.807) is 42.2 Å². The summed E-state index contributed by atoms with van der Waals surface area (Å²) < 4.78 is 19.5. The van der Waals surface area contributed by atoms with Crippen molar-refractivity contribution in [3.05, 3.63) is 78.4 Å². The SMILES string of the molecule is COc1ccc(SCCCC(=O)N(Cc2ccncc2)c2nc3ccc(F)cc3s2)cc1. The molecule has 164 valence electrons. The monoisotopic (exact) mass is 467 g/mol. The Morgan fingerprint density at radius 3 is 2.66 bits per heavy atom. The molecule has 32 heavy (non-hydrogen) atoms. The molecule has 4 aromatic rings. The van der Waals surface area contributed by atoms with E-state index in [0.29, 0.717) is 23.6 Å². The number of benzene rings is 2. The first-order valence-electron chi connectivity index (χ1n) is 10.1. The highest BCUT2D eigenvalue weighted by molar-refractivity contribution is 7.99. The van der Waals surface area contributed by atoms with Gasteiger partial charge in [-0.3, -0.25) is 14.7 Å². The van der Waals surface area contributed by atoms with Gasteiger partial charge in [0.15, 0.2) is 5.13 Å². The normalized spacial score (nSPS) is 10.9. The van der Waals surface area contributed by atoms with Crippen LogP contribution in [0.3, 0.4) is 0 Å². The standard InChI is InChI=1S/C24H22FN3O2S2/c1-30-19-5-7-20(8-6-19)31-14-2-3-23(29)28(16-17-10-12-26-13-11-17)24-27-21-9-4-18(25)15-22(21)32-24/h4-13,15H,2-3,14,16H2,1H3. The molecular formula is C24H22FN3O2S2. The maximum absolute atomic E-state index is 13.6. The molecule has 0 aliphatic heterocycles. The minimum absolute atomic E-state index is 0.00308. The average molecular weight is 468 g/mol. The molecule has 4 rings (SSSR count). The van der Waals surface area contributed by atoms with Gasteiger partial charge in [0.05, 0.1) is 23.9 Å². The third-order valence-corrected chi connectivity index (χ3v) is 6.96. The van der Waals surface area contributed by atoms with Crippen molar-refractivity contribution in [3.63, 3.8) is 0 Å². The molecule has 2 aromatic heterocycles. The summed E-state index contributed by atoms with van der Waals surface area (Å²) in [5, 5.41) is 0.579. The molecule has 0 spiro atoms. The Balaban J connectivity index is 1.44. The molecule has 0 bridgehead atoms. The number of ether oxygens (including phenoxy) is 1. The van der Waals surface area contributed by atoms with Crippen LogP contribution in [0.1, 0.15) is 18.4 Å². The molecule has 0 N–H and O–H groups in total. The summed E-state index contributed by atoms with van der Waals surface area (Å²) in [6, 6.07) is 16.1. The summed E-state index contributed by atoms with van der Waals surface area (Å²) in [5.41, 5.74) is 1.65. The zero-order valence-corrected chi connectivity index (χ0v) is 19.2. The maximum Gasteiger partial charge on any atom is 0.229 e. The van der Waals surface area contributed by atoms with Crippen LogP contribution in [0.15, 0.2) is 71.9 Å². The fourth-order valence-electron chi connectivity index (χ4n) is 3.16. The van der Waals surface area contributed by atoms with E-state index >= 15 is 0 Å². The smallest absolute Gasteiger partial charge is 0.229 e. The number of carbonyl (C=O) groups excluding carboxylic acids is 1. The molecule has 8 heteroatoms. The molecule has 0 aliphatic carbocycles. The fourth-order valence-corrected chi connectivity index (χ4v) is 5.02. The fraction of sp³-hybridized carbons (Fsp3) is 0.208. The number of halogens is 1. The van der Waals surface area contributed by atoms with Crippen molar-refractivity contribution in [2.24, 2.45) is 0 Å². The highest BCUT2D eigenvalue weighted by atomic mass is 32.2. The minimum atomic E-state index is -0.310. The van der Waals surface area contributed by atoms with E-state index in [1.807, 2.05) is 36.4 Å². The van der Waals surface area contributed by atoms with Gasteiger partial charge in [0.1, 0.15) is 11.6 Å². The number of thiazole rings is 1. The number of pyridine rings is 1. The molecular weight excluding hydrogens is 445 g/mol. The van der Waals surface area contributed by atoms with Gasteiger partial charge in [-0.25, -0.2) is 9.37 Å². The molecule has 2 aromatic carbocycles. The lowest BCUT2D eigenvalue weighted by atomic mass is 10.2. The number of methoxy groups -OCH3 is 1. The molecule has 0 fully saturated rings. The average Bonchev–Trinajstić information content (AvgIpc) is 3.24. The lowest BCUT2D eigenvalue weighted by Gasteiger charge is -2.20. The second-order valence-electron chi connectivity index (χ2n) is 7.07. The van der Waals surface area contributed by atoms with Crippen molar-refractivity contribution in [2.45, 2.75) is 24.3 Å². The van der Waals surface area contributed by atoms with Gasteiger partial charge in [0, 0.05) is 23.7 Å². The van der Waals surface area contributed by atoms with Crippen LogP contribution in [-0.4, -0.2) is 28.7 Å². The topological polar surface area (TPSA) is 55.3 Å². The lowest BCUT2D eigenvalue weighted by molar-refractivity contribution is -0.118. The van der Waals surface area contributed by atoms with Crippen LogP contribution in [0.2, 0.25) is 0 Å². The van der Waals surface area contributed by atoms with Crippen molar-refractivity contribution in [2.75, 3.05) is 17.8 Å². The van der Waals surface area contributed by atoms with Crippen molar-refractivity contribution < 1.29 is 13.9 Å². The number of thioether (sulfide) groups is 1. The van der Waals surface area contributed by atoms with Crippen molar-refractivity contribution in [1.29, 1.82) is 0 Å². The lowest BCUT2D eigenvalue weighted by Crippen LogP contribution is -2.30. The predicted molar refractivity (Wildman–Crippen MR) is 128 cm³/mol. The van der Waals surface area contributed by atoms with E-state index in [2.05, 4.69) is 9.97 Å². The molecule has 0 saturated heterocycles. The Labute approximate surface area is 194 Å². The van der Waals surface area contributed by atoms with Crippen LogP contribution in [-0.2, 0) is 11.3 Å². The minimum Gasteiger partial charge on any atom is -0.497 e. The molecule has 5 nitrogen and oxygen atoms in total. The number of fused-ring (bicyclic) bond motifs is 1. The first kappa shape index (κ1) is 22.2. The molecule has 0 unspecified atom stereocenters. The molecule has 0 atom stereocenters. The van der Waals surface area contributed by atoms with Gasteiger partial charge in [0.25, 0.3) is 0 Å². The number of nitrogens with zero attached hydrogens (tertiary/aromatic N) is 3. The van der Waals surface area contributed by atoms with Crippen LogP contribution >= 0.6 is 23.1 Å². The maximum atomic E-state index is 13.6. The second kappa shape index (κ2) is 10.6.